The fraction of sp³-hybridized carbons (Fsp3) is 0.571. The van der Waals surface area contributed by atoms with Gasteiger partial charge in [0.2, 0.25) is 0 Å². The quantitative estimate of drug-likeness (QED) is 0.887. The van der Waals surface area contributed by atoms with Gasteiger partial charge in [0, 0.05) is 11.6 Å². The number of methoxy groups -OCH3 is 1. The van der Waals surface area contributed by atoms with Gasteiger partial charge in [0.25, 0.3) is 0 Å². The largest absolute Gasteiger partial charge is 0.496 e. The molecule has 2 atom stereocenters. The molecule has 4 heteroatoms. The maximum absolute atomic E-state index is 10.2. The lowest BCUT2D eigenvalue weighted by atomic mass is 9.83. The van der Waals surface area contributed by atoms with E-state index in [1.807, 2.05) is 24.3 Å². The molecule has 0 unspecified atom stereocenters. The van der Waals surface area contributed by atoms with Crippen molar-refractivity contribution in [1.29, 1.82) is 0 Å². The molecular formula is C14H24ClNO2. The first kappa shape index (κ1) is 17.2. The first-order chi connectivity index (χ1) is 7.86. The van der Waals surface area contributed by atoms with E-state index in [1.165, 1.54) is 0 Å². The van der Waals surface area contributed by atoms with E-state index in [9.17, 15) is 5.11 Å². The summed E-state index contributed by atoms with van der Waals surface area (Å²) in [6.07, 6.45) is -0.0514. The van der Waals surface area contributed by atoms with Gasteiger partial charge >= 0.3 is 0 Å². The van der Waals surface area contributed by atoms with Crippen LogP contribution >= 0.6 is 12.4 Å². The maximum Gasteiger partial charge on any atom is 0.124 e. The molecule has 0 heterocycles. The molecule has 0 saturated carbocycles. The number of nitrogens with two attached hydrogens (primary N) is 1. The first-order valence-corrected chi connectivity index (χ1v) is 5.93. The number of para-hydroxylation sites is 1. The van der Waals surface area contributed by atoms with Gasteiger partial charge in [0.1, 0.15) is 5.75 Å². The number of rotatable bonds is 4. The van der Waals surface area contributed by atoms with Crippen LogP contribution in [0, 0.1) is 5.41 Å². The zero-order valence-electron chi connectivity index (χ0n) is 11.5. The van der Waals surface area contributed by atoms with Crippen LogP contribution in [0.4, 0.5) is 0 Å². The molecule has 18 heavy (non-hydrogen) atoms. The molecule has 0 bridgehead atoms. The summed E-state index contributed by atoms with van der Waals surface area (Å²) in [7, 11) is 1.61. The van der Waals surface area contributed by atoms with Crippen molar-refractivity contribution < 1.29 is 9.84 Å². The smallest absolute Gasteiger partial charge is 0.124 e. The van der Waals surface area contributed by atoms with Crippen LogP contribution in [0.3, 0.4) is 0 Å². The molecule has 0 aliphatic carbocycles. The number of benzene rings is 1. The van der Waals surface area contributed by atoms with E-state index in [4.69, 9.17) is 10.5 Å². The van der Waals surface area contributed by atoms with Crippen molar-refractivity contribution in [2.75, 3.05) is 7.11 Å². The van der Waals surface area contributed by atoms with Crippen LogP contribution in [-0.4, -0.2) is 18.3 Å². The minimum atomic E-state index is -0.583. The van der Waals surface area contributed by atoms with Gasteiger partial charge in [-0.25, -0.2) is 0 Å². The molecule has 0 radical (unpaired) electrons. The zero-order valence-corrected chi connectivity index (χ0v) is 12.3. The number of hydrogen-bond donors (Lipinski definition) is 2. The minimum Gasteiger partial charge on any atom is -0.496 e. The van der Waals surface area contributed by atoms with E-state index in [1.54, 1.807) is 7.11 Å². The highest BCUT2D eigenvalue weighted by atomic mass is 35.5. The minimum absolute atomic E-state index is 0. The number of hydrogen-bond acceptors (Lipinski definition) is 3. The fourth-order valence-electron chi connectivity index (χ4n) is 1.66. The Hall–Kier alpha value is -0.770. The second kappa shape index (κ2) is 6.98. The van der Waals surface area contributed by atoms with E-state index in [-0.39, 0.29) is 23.9 Å². The molecule has 1 aromatic rings. The first-order valence-electron chi connectivity index (χ1n) is 5.93. The number of ether oxygens (including phenoxy) is 1. The van der Waals surface area contributed by atoms with E-state index >= 15 is 0 Å². The van der Waals surface area contributed by atoms with Crippen molar-refractivity contribution in [1.82, 2.24) is 0 Å². The van der Waals surface area contributed by atoms with Gasteiger partial charge in [-0.05, 0) is 17.9 Å². The second-order valence-electron chi connectivity index (χ2n) is 5.47. The Balaban J connectivity index is 0.00000289. The Morgan fingerprint density at radius 3 is 2.33 bits per heavy atom. The Morgan fingerprint density at radius 1 is 1.28 bits per heavy atom. The van der Waals surface area contributed by atoms with Gasteiger partial charge in [0.15, 0.2) is 0 Å². The van der Waals surface area contributed by atoms with Crippen LogP contribution in [0.25, 0.3) is 0 Å². The average molecular weight is 274 g/mol. The zero-order chi connectivity index (χ0) is 13.1. The van der Waals surface area contributed by atoms with Crippen molar-refractivity contribution >= 4 is 12.4 Å². The highest BCUT2D eigenvalue weighted by Crippen LogP contribution is 2.31. The Kier molecular flexibility index (Phi) is 6.68. The number of halogens is 1. The molecule has 0 amide bonds. The molecule has 0 fully saturated rings. The molecule has 104 valence electrons. The van der Waals surface area contributed by atoms with Crippen LogP contribution in [-0.2, 0) is 0 Å². The summed E-state index contributed by atoms with van der Waals surface area (Å²) in [5, 5.41) is 10.2. The molecule has 3 nitrogen and oxygen atoms in total. The summed E-state index contributed by atoms with van der Waals surface area (Å²) in [4.78, 5) is 0. The average Bonchev–Trinajstić information content (AvgIpc) is 2.27. The summed E-state index contributed by atoms with van der Waals surface area (Å²) >= 11 is 0. The number of aliphatic hydroxyl groups is 1. The van der Waals surface area contributed by atoms with Crippen molar-refractivity contribution in [3.63, 3.8) is 0 Å². The maximum atomic E-state index is 10.2. The molecule has 1 rings (SSSR count). The van der Waals surface area contributed by atoms with Crippen LogP contribution in [0.2, 0.25) is 0 Å². The van der Waals surface area contributed by atoms with Crippen LogP contribution in [0.15, 0.2) is 24.3 Å². The van der Waals surface area contributed by atoms with Crippen molar-refractivity contribution in [3.8, 4) is 5.75 Å². The van der Waals surface area contributed by atoms with Gasteiger partial charge in [0.05, 0.1) is 13.2 Å². The lowest BCUT2D eigenvalue weighted by Crippen LogP contribution is -2.36. The van der Waals surface area contributed by atoms with E-state index in [0.717, 1.165) is 5.56 Å². The van der Waals surface area contributed by atoms with Crippen LogP contribution < -0.4 is 10.5 Å². The standard InChI is InChI=1S/C14H23NO2.ClH/c1-14(2,3)13(15)9-11(16)10-7-5-6-8-12(10)17-4;/h5-8,11,13,16H,9,15H2,1-4H3;1H/t11-,13+;/m0./s1. The molecule has 0 aromatic heterocycles. The third-order valence-corrected chi connectivity index (χ3v) is 3.09. The Morgan fingerprint density at radius 2 is 1.83 bits per heavy atom. The Bertz CT molecular complexity index is 363. The molecule has 1 aromatic carbocycles. The van der Waals surface area contributed by atoms with Crippen molar-refractivity contribution in [3.05, 3.63) is 29.8 Å². The highest BCUT2D eigenvalue weighted by molar-refractivity contribution is 5.85. The van der Waals surface area contributed by atoms with Crippen LogP contribution in [0.1, 0.15) is 38.9 Å². The van der Waals surface area contributed by atoms with E-state index < -0.39 is 6.10 Å². The molecular weight excluding hydrogens is 250 g/mol. The van der Waals surface area contributed by atoms with Crippen molar-refractivity contribution in [2.24, 2.45) is 11.1 Å². The highest BCUT2D eigenvalue weighted by Gasteiger charge is 2.25. The molecule has 3 N–H and O–H groups in total. The third kappa shape index (κ3) is 4.48. The SMILES string of the molecule is COc1ccccc1[C@@H](O)C[C@@H](N)C(C)(C)C.Cl. The normalized spacial score (nSPS) is 14.6. The lowest BCUT2D eigenvalue weighted by molar-refractivity contribution is 0.130. The monoisotopic (exact) mass is 273 g/mol. The molecule has 0 aliphatic heterocycles. The molecule has 0 aliphatic rings. The van der Waals surface area contributed by atoms with Gasteiger partial charge < -0.3 is 15.6 Å². The predicted octanol–water partition coefficient (Wildman–Crippen LogP) is 2.91. The van der Waals surface area contributed by atoms with Gasteiger partial charge in [-0.2, -0.15) is 0 Å². The molecule has 0 saturated heterocycles. The van der Waals surface area contributed by atoms with Gasteiger partial charge in [-0.1, -0.05) is 39.0 Å². The van der Waals surface area contributed by atoms with E-state index in [2.05, 4.69) is 20.8 Å². The molecule has 0 spiro atoms. The summed E-state index contributed by atoms with van der Waals surface area (Å²) in [6, 6.07) is 7.45. The predicted molar refractivity (Wildman–Crippen MR) is 77.2 cm³/mol. The summed E-state index contributed by atoms with van der Waals surface area (Å²) in [6.45, 7) is 6.23. The van der Waals surface area contributed by atoms with Gasteiger partial charge in [-0.15, -0.1) is 12.4 Å². The number of aliphatic hydroxyl groups excluding tert-OH is 1. The van der Waals surface area contributed by atoms with E-state index in [0.29, 0.717) is 12.2 Å². The Labute approximate surface area is 116 Å². The second-order valence-corrected chi connectivity index (χ2v) is 5.47. The third-order valence-electron chi connectivity index (χ3n) is 3.09. The van der Waals surface area contributed by atoms with Crippen molar-refractivity contribution in [2.45, 2.75) is 39.3 Å². The summed E-state index contributed by atoms with van der Waals surface area (Å²) in [5.74, 6) is 0.709. The topological polar surface area (TPSA) is 55.5 Å². The van der Waals surface area contributed by atoms with Crippen LogP contribution in [0.5, 0.6) is 5.75 Å². The summed E-state index contributed by atoms with van der Waals surface area (Å²) in [5.41, 5.74) is 6.87. The van der Waals surface area contributed by atoms with Gasteiger partial charge in [-0.3, -0.25) is 0 Å². The summed E-state index contributed by atoms with van der Waals surface area (Å²) < 4.78 is 5.23. The fourth-order valence-corrected chi connectivity index (χ4v) is 1.66. The lowest BCUT2D eigenvalue weighted by Gasteiger charge is -2.29.